The first-order chi connectivity index (χ1) is 10.7. The Kier molecular flexibility index (Phi) is 5.18. The second-order valence-corrected chi connectivity index (χ2v) is 5.59. The van der Waals surface area contributed by atoms with Gasteiger partial charge in [0, 0.05) is 16.7 Å². The monoisotopic (exact) mass is 385 g/mol. The number of nitrogens with zero attached hydrogens (tertiary/aromatic N) is 1. The molecule has 1 aromatic heterocycles. The third-order valence-electron chi connectivity index (χ3n) is 2.91. The van der Waals surface area contributed by atoms with Gasteiger partial charge >= 0.3 is 6.18 Å². The van der Waals surface area contributed by atoms with Crippen LogP contribution in [-0.4, -0.2) is 19.2 Å². The molecule has 9 heteroatoms. The quantitative estimate of drug-likeness (QED) is 0.673. The van der Waals surface area contributed by atoms with Gasteiger partial charge in [0.2, 0.25) is 5.88 Å². The van der Waals surface area contributed by atoms with Crippen LogP contribution in [0.25, 0.3) is 11.1 Å². The van der Waals surface area contributed by atoms with Crippen LogP contribution in [-0.2, 0) is 6.18 Å². The smallest absolute Gasteiger partial charge is 0.433 e. The molecule has 0 saturated heterocycles. The molecular formula is C14H9Cl3F3NO2. The molecule has 0 bridgehead atoms. The van der Waals surface area contributed by atoms with Crippen molar-refractivity contribution in [3.05, 3.63) is 39.0 Å². The minimum Gasteiger partial charge on any atom is -0.496 e. The molecule has 3 nitrogen and oxygen atoms in total. The maximum Gasteiger partial charge on any atom is 0.433 e. The summed E-state index contributed by atoms with van der Waals surface area (Å²) in [5.74, 6) is -0.446. The highest BCUT2D eigenvalue weighted by Gasteiger charge is 2.35. The second-order valence-electron chi connectivity index (χ2n) is 4.34. The highest BCUT2D eigenvalue weighted by Crippen LogP contribution is 2.47. The van der Waals surface area contributed by atoms with Gasteiger partial charge in [0.15, 0.2) is 5.69 Å². The molecule has 0 aliphatic heterocycles. The van der Waals surface area contributed by atoms with Crippen LogP contribution in [0.1, 0.15) is 5.69 Å². The van der Waals surface area contributed by atoms with E-state index in [9.17, 15) is 13.2 Å². The Morgan fingerprint density at radius 2 is 1.48 bits per heavy atom. The normalized spacial score (nSPS) is 11.5. The zero-order valence-electron chi connectivity index (χ0n) is 11.8. The van der Waals surface area contributed by atoms with E-state index in [1.54, 1.807) is 0 Å². The predicted octanol–water partition coefficient (Wildman–Crippen LogP) is 5.74. The van der Waals surface area contributed by atoms with Crippen LogP contribution < -0.4 is 9.47 Å². The minimum atomic E-state index is -4.66. The Labute approximate surface area is 144 Å². The average Bonchev–Trinajstić information content (AvgIpc) is 2.44. The van der Waals surface area contributed by atoms with E-state index in [1.807, 2.05) is 0 Å². The first kappa shape index (κ1) is 18.0. The lowest BCUT2D eigenvalue weighted by Gasteiger charge is -2.17. The third kappa shape index (κ3) is 3.59. The van der Waals surface area contributed by atoms with Crippen molar-refractivity contribution in [3.8, 4) is 22.8 Å². The summed E-state index contributed by atoms with van der Waals surface area (Å²) in [6.07, 6.45) is -4.66. The van der Waals surface area contributed by atoms with E-state index in [0.29, 0.717) is 0 Å². The fourth-order valence-electron chi connectivity index (χ4n) is 1.96. The lowest BCUT2D eigenvalue weighted by molar-refractivity contribution is -0.141. The SMILES string of the molecule is COc1cc(C(F)(F)F)nc(OC)c1-c1c(Cl)cc(Cl)cc1Cl. The topological polar surface area (TPSA) is 31.4 Å². The van der Waals surface area contributed by atoms with Gasteiger partial charge in [-0.25, -0.2) is 4.98 Å². The number of rotatable bonds is 3. The number of hydrogen-bond acceptors (Lipinski definition) is 3. The Balaban J connectivity index is 2.82. The van der Waals surface area contributed by atoms with E-state index in [4.69, 9.17) is 44.3 Å². The number of methoxy groups -OCH3 is 2. The Hall–Kier alpha value is -1.37. The number of benzene rings is 1. The Morgan fingerprint density at radius 3 is 1.91 bits per heavy atom. The van der Waals surface area contributed by atoms with Gasteiger partial charge in [0.1, 0.15) is 5.75 Å². The molecule has 0 amide bonds. The van der Waals surface area contributed by atoms with Gasteiger partial charge in [0.05, 0.1) is 29.8 Å². The predicted molar refractivity (Wildman–Crippen MR) is 82.8 cm³/mol. The zero-order chi connectivity index (χ0) is 17.4. The standard InChI is InChI=1S/C14H9Cl3F3NO2/c1-22-9-5-10(14(18,19)20)21-13(23-2)12(9)11-7(16)3-6(15)4-8(11)17/h3-5H,1-2H3. The number of hydrogen-bond donors (Lipinski definition) is 0. The van der Waals surface area contributed by atoms with E-state index >= 15 is 0 Å². The number of pyridine rings is 1. The molecule has 2 rings (SSSR count). The first-order valence-electron chi connectivity index (χ1n) is 6.04. The maximum atomic E-state index is 12.9. The summed E-state index contributed by atoms with van der Waals surface area (Å²) < 4.78 is 48.8. The molecule has 0 aliphatic carbocycles. The molecule has 2 aromatic rings. The molecule has 0 spiro atoms. The van der Waals surface area contributed by atoms with Crippen molar-refractivity contribution in [2.24, 2.45) is 0 Å². The zero-order valence-corrected chi connectivity index (χ0v) is 14.0. The highest BCUT2D eigenvalue weighted by molar-refractivity contribution is 6.42. The molecule has 0 aliphatic rings. The molecule has 1 heterocycles. The molecule has 1 aromatic carbocycles. The largest absolute Gasteiger partial charge is 0.496 e. The van der Waals surface area contributed by atoms with Crippen molar-refractivity contribution >= 4 is 34.8 Å². The lowest BCUT2D eigenvalue weighted by atomic mass is 10.0. The fourth-order valence-corrected chi connectivity index (χ4v) is 2.97. The fraction of sp³-hybridized carbons (Fsp3) is 0.214. The van der Waals surface area contributed by atoms with Crippen LogP contribution in [0.3, 0.4) is 0 Å². The maximum absolute atomic E-state index is 12.9. The Bertz CT molecular complexity index is 703. The summed E-state index contributed by atoms with van der Waals surface area (Å²) in [6.45, 7) is 0. The summed E-state index contributed by atoms with van der Waals surface area (Å²) in [5.41, 5.74) is -0.835. The van der Waals surface area contributed by atoms with Crippen LogP contribution in [0.4, 0.5) is 13.2 Å². The molecule has 124 valence electrons. The summed E-state index contributed by atoms with van der Waals surface area (Å²) >= 11 is 18.1. The van der Waals surface area contributed by atoms with Crippen molar-refractivity contribution in [2.75, 3.05) is 14.2 Å². The van der Waals surface area contributed by atoms with E-state index in [2.05, 4.69) is 4.98 Å². The van der Waals surface area contributed by atoms with E-state index < -0.39 is 11.9 Å². The van der Waals surface area contributed by atoms with Gasteiger partial charge in [-0.1, -0.05) is 34.8 Å². The summed E-state index contributed by atoms with van der Waals surface area (Å²) in [7, 11) is 2.40. The van der Waals surface area contributed by atoms with Gasteiger partial charge in [-0.2, -0.15) is 13.2 Å². The summed E-state index contributed by atoms with van der Waals surface area (Å²) in [4.78, 5) is 3.47. The van der Waals surface area contributed by atoms with Crippen molar-refractivity contribution < 1.29 is 22.6 Å². The third-order valence-corrected chi connectivity index (χ3v) is 3.73. The van der Waals surface area contributed by atoms with Crippen molar-refractivity contribution in [2.45, 2.75) is 6.18 Å². The van der Waals surface area contributed by atoms with Gasteiger partial charge in [-0.3, -0.25) is 0 Å². The van der Waals surface area contributed by atoms with Crippen LogP contribution in [0.5, 0.6) is 11.6 Å². The van der Waals surface area contributed by atoms with Gasteiger partial charge in [-0.05, 0) is 12.1 Å². The van der Waals surface area contributed by atoms with Gasteiger partial charge in [0.25, 0.3) is 0 Å². The molecule has 0 atom stereocenters. The Morgan fingerprint density at radius 1 is 0.913 bits per heavy atom. The highest BCUT2D eigenvalue weighted by atomic mass is 35.5. The average molecular weight is 387 g/mol. The minimum absolute atomic E-state index is 0.106. The van der Waals surface area contributed by atoms with E-state index in [1.165, 1.54) is 26.4 Å². The first-order valence-corrected chi connectivity index (χ1v) is 7.17. The molecule has 23 heavy (non-hydrogen) atoms. The van der Waals surface area contributed by atoms with Crippen molar-refractivity contribution in [1.29, 1.82) is 0 Å². The van der Waals surface area contributed by atoms with Crippen LogP contribution in [0.15, 0.2) is 18.2 Å². The van der Waals surface area contributed by atoms with Crippen LogP contribution in [0, 0.1) is 0 Å². The lowest BCUT2D eigenvalue weighted by Crippen LogP contribution is -2.10. The van der Waals surface area contributed by atoms with Crippen molar-refractivity contribution in [3.63, 3.8) is 0 Å². The summed E-state index contributed by atoms with van der Waals surface area (Å²) in [6, 6.07) is 3.56. The molecule has 0 saturated carbocycles. The van der Waals surface area contributed by atoms with Crippen molar-refractivity contribution in [1.82, 2.24) is 4.98 Å². The molecule has 0 fully saturated rings. The molecular weight excluding hydrogens is 378 g/mol. The van der Waals surface area contributed by atoms with E-state index in [0.717, 1.165) is 6.07 Å². The second kappa shape index (κ2) is 6.63. The molecule has 0 radical (unpaired) electrons. The van der Waals surface area contributed by atoms with Crippen LogP contribution in [0.2, 0.25) is 15.1 Å². The number of alkyl halides is 3. The molecule has 0 unspecified atom stereocenters. The van der Waals surface area contributed by atoms with Crippen LogP contribution >= 0.6 is 34.8 Å². The van der Waals surface area contributed by atoms with Gasteiger partial charge in [-0.15, -0.1) is 0 Å². The van der Waals surface area contributed by atoms with E-state index in [-0.39, 0.29) is 37.8 Å². The number of ether oxygens (including phenoxy) is 2. The number of aromatic nitrogens is 1. The van der Waals surface area contributed by atoms with Gasteiger partial charge < -0.3 is 9.47 Å². The molecule has 0 N–H and O–H groups in total. The number of halogens is 6. The summed E-state index contributed by atoms with van der Waals surface area (Å²) in [5, 5.41) is 0.530.